The molecule has 0 bridgehead atoms. The van der Waals surface area contributed by atoms with Gasteiger partial charge in [0.25, 0.3) is 5.91 Å². The summed E-state index contributed by atoms with van der Waals surface area (Å²) >= 11 is 0. The number of aromatic amines is 1. The van der Waals surface area contributed by atoms with Gasteiger partial charge >= 0.3 is 0 Å². The van der Waals surface area contributed by atoms with Gasteiger partial charge in [-0.1, -0.05) is 37.3 Å². The fraction of sp³-hybridized carbons (Fsp3) is 0.280. The molecule has 0 fully saturated rings. The number of fused-ring (bicyclic) bond motifs is 1. The molecule has 2 heterocycles. The summed E-state index contributed by atoms with van der Waals surface area (Å²) in [6, 6.07) is 15.2. The molecule has 2 N–H and O–H groups in total. The molecule has 0 unspecified atom stereocenters. The smallest absolute Gasteiger partial charge is 0.291 e. The molecule has 2 aromatic heterocycles. The first-order valence-corrected chi connectivity index (χ1v) is 11.0. The quantitative estimate of drug-likeness (QED) is 0.457. The minimum Gasteiger partial charge on any atom is -0.351 e. The molecule has 0 aliphatic rings. The molecular formula is C25H28N6O2. The number of aryl methyl sites for hydroxylation is 2. The molecule has 4 aromatic rings. The van der Waals surface area contributed by atoms with E-state index in [1.54, 1.807) is 11.9 Å². The van der Waals surface area contributed by atoms with Gasteiger partial charge in [-0.05, 0) is 42.7 Å². The lowest BCUT2D eigenvalue weighted by Crippen LogP contribution is -2.47. The van der Waals surface area contributed by atoms with Gasteiger partial charge in [-0.2, -0.15) is 0 Å². The van der Waals surface area contributed by atoms with Gasteiger partial charge in [0.1, 0.15) is 11.9 Å². The fourth-order valence-corrected chi connectivity index (χ4v) is 3.95. The van der Waals surface area contributed by atoms with Crippen LogP contribution in [-0.4, -0.2) is 44.7 Å². The summed E-state index contributed by atoms with van der Waals surface area (Å²) in [6.45, 7) is 3.84. The molecule has 0 radical (unpaired) electrons. The Labute approximate surface area is 192 Å². The molecule has 0 spiro atoms. The van der Waals surface area contributed by atoms with Gasteiger partial charge in [0, 0.05) is 43.3 Å². The molecule has 0 saturated carbocycles. The zero-order chi connectivity index (χ0) is 23.5. The number of aromatic nitrogens is 4. The standard InChI is InChI=1S/C25H28N6O2/c1-5-19(25(33)31(4)20-15-18-11-12-30(3)21(18)13-16(20)2)26-24(32)23-27-22(28-29-23)14-17-9-7-6-8-10-17/h6-13,15,19H,5,14H2,1-4H3,(H,26,32)(H,27,28,29)/t19-/m0/s1. The van der Waals surface area contributed by atoms with Crippen molar-refractivity contribution >= 4 is 28.4 Å². The topological polar surface area (TPSA) is 95.9 Å². The van der Waals surface area contributed by atoms with Crippen LogP contribution in [0.3, 0.4) is 0 Å². The van der Waals surface area contributed by atoms with Crippen molar-refractivity contribution in [1.82, 2.24) is 25.1 Å². The van der Waals surface area contributed by atoms with Crippen LogP contribution in [0.2, 0.25) is 0 Å². The minimum atomic E-state index is -0.690. The molecule has 33 heavy (non-hydrogen) atoms. The van der Waals surface area contributed by atoms with Gasteiger partial charge in [-0.3, -0.25) is 14.7 Å². The first kappa shape index (κ1) is 22.3. The third-order valence-corrected chi connectivity index (χ3v) is 5.86. The van der Waals surface area contributed by atoms with E-state index in [4.69, 9.17) is 0 Å². The summed E-state index contributed by atoms with van der Waals surface area (Å²) < 4.78 is 2.05. The lowest BCUT2D eigenvalue weighted by molar-refractivity contribution is -0.120. The highest BCUT2D eigenvalue weighted by Crippen LogP contribution is 2.27. The largest absolute Gasteiger partial charge is 0.351 e. The van der Waals surface area contributed by atoms with Crippen molar-refractivity contribution in [2.24, 2.45) is 7.05 Å². The van der Waals surface area contributed by atoms with E-state index in [0.29, 0.717) is 18.7 Å². The lowest BCUT2D eigenvalue weighted by Gasteiger charge is -2.25. The Bertz CT molecular complexity index is 1290. The number of carbonyl (C=O) groups is 2. The number of H-pyrrole nitrogens is 1. The number of benzene rings is 2. The SMILES string of the molecule is CC[C@H](NC(=O)c1n[nH]c(Cc2ccccc2)n1)C(=O)N(C)c1cc2ccn(C)c2cc1C. The summed E-state index contributed by atoms with van der Waals surface area (Å²) in [7, 11) is 3.73. The highest BCUT2D eigenvalue weighted by molar-refractivity contribution is 6.02. The molecule has 0 aliphatic heterocycles. The van der Waals surface area contributed by atoms with Crippen LogP contribution < -0.4 is 10.2 Å². The average molecular weight is 445 g/mol. The molecule has 2 amide bonds. The minimum absolute atomic E-state index is 0.0247. The zero-order valence-electron chi connectivity index (χ0n) is 19.3. The normalized spacial score (nSPS) is 12.0. The van der Waals surface area contributed by atoms with Crippen LogP contribution in [0.5, 0.6) is 0 Å². The van der Waals surface area contributed by atoms with Gasteiger partial charge in [0.2, 0.25) is 11.7 Å². The van der Waals surface area contributed by atoms with Crippen LogP contribution in [0.4, 0.5) is 5.69 Å². The Morgan fingerprint density at radius 2 is 1.94 bits per heavy atom. The van der Waals surface area contributed by atoms with E-state index in [9.17, 15) is 9.59 Å². The molecule has 4 rings (SSSR count). The number of likely N-dealkylation sites (N-methyl/N-ethyl adjacent to an activating group) is 1. The number of hydrogen-bond donors (Lipinski definition) is 2. The Balaban J connectivity index is 1.46. The van der Waals surface area contributed by atoms with Crippen LogP contribution in [0.15, 0.2) is 54.7 Å². The lowest BCUT2D eigenvalue weighted by atomic mass is 10.1. The molecule has 0 aliphatic carbocycles. The van der Waals surface area contributed by atoms with Gasteiger partial charge in [0.15, 0.2) is 0 Å². The van der Waals surface area contributed by atoms with Crippen molar-refractivity contribution in [2.45, 2.75) is 32.7 Å². The van der Waals surface area contributed by atoms with E-state index < -0.39 is 11.9 Å². The number of anilines is 1. The summed E-state index contributed by atoms with van der Waals surface area (Å²) in [5.41, 5.74) is 3.97. The third kappa shape index (κ3) is 4.64. The molecule has 8 nitrogen and oxygen atoms in total. The van der Waals surface area contributed by atoms with Gasteiger partial charge in [-0.25, -0.2) is 4.98 Å². The second-order valence-electron chi connectivity index (χ2n) is 8.22. The number of rotatable bonds is 7. The number of nitrogens with zero attached hydrogens (tertiary/aromatic N) is 4. The Morgan fingerprint density at radius 1 is 1.18 bits per heavy atom. The van der Waals surface area contributed by atoms with E-state index >= 15 is 0 Å². The van der Waals surface area contributed by atoms with Crippen molar-refractivity contribution in [1.29, 1.82) is 0 Å². The maximum atomic E-state index is 13.2. The van der Waals surface area contributed by atoms with E-state index in [-0.39, 0.29) is 11.7 Å². The predicted octanol–water partition coefficient (Wildman–Crippen LogP) is 3.37. The molecule has 2 aromatic carbocycles. The molecule has 8 heteroatoms. The number of carbonyl (C=O) groups excluding carboxylic acids is 2. The van der Waals surface area contributed by atoms with Gasteiger partial charge in [-0.15, -0.1) is 5.10 Å². The average Bonchev–Trinajstić information content (AvgIpc) is 3.43. The van der Waals surface area contributed by atoms with Gasteiger partial charge in [0.05, 0.1) is 0 Å². The van der Waals surface area contributed by atoms with E-state index in [2.05, 4.69) is 26.6 Å². The van der Waals surface area contributed by atoms with Crippen molar-refractivity contribution in [3.05, 3.63) is 77.5 Å². The zero-order valence-corrected chi connectivity index (χ0v) is 19.3. The van der Waals surface area contributed by atoms with Crippen molar-refractivity contribution in [2.75, 3.05) is 11.9 Å². The number of hydrogen-bond acceptors (Lipinski definition) is 4. The van der Waals surface area contributed by atoms with E-state index in [0.717, 1.165) is 27.7 Å². The monoisotopic (exact) mass is 444 g/mol. The summed E-state index contributed by atoms with van der Waals surface area (Å²) in [4.78, 5) is 31.9. The van der Waals surface area contributed by atoms with Gasteiger partial charge < -0.3 is 14.8 Å². The van der Waals surface area contributed by atoms with Crippen molar-refractivity contribution in [3.8, 4) is 0 Å². The highest BCUT2D eigenvalue weighted by atomic mass is 16.2. The summed E-state index contributed by atoms with van der Waals surface area (Å²) in [5.74, 6) is -0.0509. The van der Waals surface area contributed by atoms with Crippen LogP contribution in [0.1, 0.15) is 40.9 Å². The molecule has 0 saturated heterocycles. The third-order valence-electron chi connectivity index (χ3n) is 5.86. The Morgan fingerprint density at radius 3 is 2.67 bits per heavy atom. The first-order chi connectivity index (χ1) is 15.9. The van der Waals surface area contributed by atoms with Crippen molar-refractivity contribution < 1.29 is 9.59 Å². The van der Waals surface area contributed by atoms with Crippen LogP contribution >= 0.6 is 0 Å². The second-order valence-corrected chi connectivity index (χ2v) is 8.22. The Hall–Kier alpha value is -3.94. The maximum absolute atomic E-state index is 13.2. The first-order valence-electron chi connectivity index (χ1n) is 11.0. The van der Waals surface area contributed by atoms with E-state index in [1.807, 2.05) is 74.1 Å². The maximum Gasteiger partial charge on any atom is 0.291 e. The fourth-order valence-electron chi connectivity index (χ4n) is 3.95. The van der Waals surface area contributed by atoms with E-state index in [1.165, 1.54) is 0 Å². The molecule has 1 atom stereocenters. The summed E-state index contributed by atoms with van der Waals surface area (Å²) in [5, 5.41) is 10.7. The second kappa shape index (κ2) is 9.28. The highest BCUT2D eigenvalue weighted by Gasteiger charge is 2.26. The number of amides is 2. The van der Waals surface area contributed by atoms with Crippen LogP contribution in [0.25, 0.3) is 10.9 Å². The molecular weight excluding hydrogens is 416 g/mol. The molecule has 170 valence electrons. The Kier molecular flexibility index (Phi) is 6.26. The predicted molar refractivity (Wildman–Crippen MR) is 128 cm³/mol. The van der Waals surface area contributed by atoms with Crippen LogP contribution in [0, 0.1) is 6.92 Å². The van der Waals surface area contributed by atoms with Crippen LogP contribution in [-0.2, 0) is 18.3 Å². The van der Waals surface area contributed by atoms with Crippen molar-refractivity contribution in [3.63, 3.8) is 0 Å². The summed E-state index contributed by atoms with van der Waals surface area (Å²) in [6.07, 6.45) is 2.98. The number of nitrogens with one attached hydrogen (secondary N) is 2.